The van der Waals surface area contributed by atoms with Gasteiger partial charge in [-0.3, -0.25) is 4.79 Å². The summed E-state index contributed by atoms with van der Waals surface area (Å²) < 4.78 is 60.6. The molecule has 0 radical (unpaired) electrons. The Bertz CT molecular complexity index is 1080. The van der Waals surface area contributed by atoms with Crippen molar-refractivity contribution in [2.24, 2.45) is 0 Å². The molecule has 1 unspecified atom stereocenters. The van der Waals surface area contributed by atoms with Crippen molar-refractivity contribution in [2.45, 2.75) is 39.4 Å². The van der Waals surface area contributed by atoms with Gasteiger partial charge in [0.25, 0.3) is 10.2 Å². The molecule has 16 heteroatoms. The van der Waals surface area contributed by atoms with Crippen LogP contribution in [0.1, 0.15) is 24.4 Å². The fourth-order valence-electron chi connectivity index (χ4n) is 2.82. The Balaban J connectivity index is 0.000000623. The molecule has 3 rings (SSSR count). The second-order valence-electron chi connectivity index (χ2n) is 7.00. The molecular weight excluding hydrogens is 527 g/mol. The molecule has 11 nitrogen and oxygen atoms in total. The van der Waals surface area contributed by atoms with Gasteiger partial charge in [-0.2, -0.15) is 30.6 Å². The summed E-state index contributed by atoms with van der Waals surface area (Å²) in [7, 11) is -3.90. The lowest BCUT2D eigenvalue weighted by Crippen LogP contribution is -2.55. The number of rotatable bonds is 7. The Labute approximate surface area is 210 Å². The lowest BCUT2D eigenvalue weighted by atomic mass is 10.1. The van der Waals surface area contributed by atoms with Crippen LogP contribution in [0.25, 0.3) is 0 Å². The molecule has 0 aliphatic carbocycles. The monoisotopic (exact) mass is 555 g/mol. The van der Waals surface area contributed by atoms with E-state index in [1.54, 1.807) is 24.3 Å². The Kier molecular flexibility index (Phi) is 12.2. The predicted octanol–water partition coefficient (Wildman–Crippen LogP) is 2.16. The van der Waals surface area contributed by atoms with Gasteiger partial charge in [-0.1, -0.05) is 55.5 Å². The highest BCUT2D eigenvalue weighted by Crippen LogP contribution is 2.21. The van der Waals surface area contributed by atoms with E-state index in [4.69, 9.17) is 9.90 Å². The molecule has 1 atom stereocenters. The summed E-state index contributed by atoms with van der Waals surface area (Å²) in [6.45, 7) is 7.33. The molecule has 1 fully saturated rings. The molecule has 3 N–H and O–H groups in total. The van der Waals surface area contributed by atoms with Crippen molar-refractivity contribution in [3.63, 3.8) is 0 Å². The third-order valence-electron chi connectivity index (χ3n) is 4.48. The molecule has 0 amide bonds. The van der Waals surface area contributed by atoms with Crippen molar-refractivity contribution < 1.29 is 41.4 Å². The summed E-state index contributed by atoms with van der Waals surface area (Å²) in [5.41, 5.74) is 0.754. The SMILES string of the molecule is CC.Cc1nnc(N2CCN(S(=O)(=O)NC(Cc3ccccc3)C(=O)O)CC2)s1.O=C(O)C(F)(F)F. The molecule has 1 aromatic carbocycles. The summed E-state index contributed by atoms with van der Waals surface area (Å²) in [5, 5.41) is 26.2. The molecule has 36 heavy (non-hydrogen) atoms. The largest absolute Gasteiger partial charge is 0.490 e. The van der Waals surface area contributed by atoms with Crippen molar-refractivity contribution in [3.8, 4) is 0 Å². The number of hydrogen-bond acceptors (Lipinski definition) is 8. The summed E-state index contributed by atoms with van der Waals surface area (Å²) >= 11 is 1.46. The van der Waals surface area contributed by atoms with Crippen molar-refractivity contribution in [2.75, 3.05) is 31.1 Å². The van der Waals surface area contributed by atoms with Crippen LogP contribution >= 0.6 is 11.3 Å². The Hall–Kier alpha value is -2.82. The second-order valence-corrected chi connectivity index (χ2v) is 9.86. The van der Waals surface area contributed by atoms with E-state index in [9.17, 15) is 31.5 Å². The third-order valence-corrected chi connectivity index (χ3v) is 7.01. The van der Waals surface area contributed by atoms with E-state index in [0.29, 0.717) is 13.1 Å². The molecule has 0 spiro atoms. The highest BCUT2D eigenvalue weighted by Gasteiger charge is 2.38. The Morgan fingerprint density at radius 3 is 2.03 bits per heavy atom. The van der Waals surface area contributed by atoms with Crippen LogP contribution in [-0.4, -0.2) is 83.5 Å². The van der Waals surface area contributed by atoms with Crippen LogP contribution in [0.5, 0.6) is 0 Å². The Morgan fingerprint density at radius 2 is 1.61 bits per heavy atom. The predicted molar refractivity (Wildman–Crippen MR) is 127 cm³/mol. The molecule has 1 aromatic heterocycles. The molecule has 0 saturated carbocycles. The number of benzene rings is 1. The van der Waals surface area contributed by atoms with Gasteiger partial charge < -0.3 is 15.1 Å². The maximum absolute atomic E-state index is 12.6. The number of alkyl halides is 3. The van der Waals surface area contributed by atoms with Gasteiger partial charge in [0.05, 0.1) is 0 Å². The number of anilines is 1. The lowest BCUT2D eigenvalue weighted by molar-refractivity contribution is -0.192. The van der Waals surface area contributed by atoms with E-state index >= 15 is 0 Å². The number of nitrogens with one attached hydrogen (secondary N) is 1. The molecule has 0 bridgehead atoms. The van der Waals surface area contributed by atoms with E-state index in [2.05, 4.69) is 14.9 Å². The highest BCUT2D eigenvalue weighted by atomic mass is 32.2. The standard InChI is InChI=1S/C16H21N5O4S2.C2HF3O2.C2H6/c1-12-17-18-16(26-12)20-7-9-21(10-8-20)27(24,25)19-14(15(22)23)11-13-5-3-2-4-6-13;3-2(4,5)1(6)7;1-2/h2-6,14,19H,7-11H2,1H3,(H,22,23);(H,6,7);1-2H3. The first-order chi connectivity index (χ1) is 16.8. The van der Waals surface area contributed by atoms with E-state index in [0.717, 1.165) is 15.7 Å². The number of hydrogen-bond donors (Lipinski definition) is 3. The smallest absolute Gasteiger partial charge is 0.480 e. The summed E-state index contributed by atoms with van der Waals surface area (Å²) in [4.78, 5) is 22.4. The van der Waals surface area contributed by atoms with Crippen molar-refractivity contribution in [1.29, 1.82) is 0 Å². The first-order valence-corrected chi connectivity index (χ1v) is 12.9. The van der Waals surface area contributed by atoms with E-state index in [-0.39, 0.29) is 19.5 Å². The minimum Gasteiger partial charge on any atom is -0.480 e. The second kappa shape index (κ2) is 14.1. The van der Waals surface area contributed by atoms with E-state index in [1.165, 1.54) is 15.6 Å². The molecule has 2 aromatic rings. The molecular formula is C20H28F3N5O6S2. The first-order valence-electron chi connectivity index (χ1n) is 10.7. The molecule has 2 heterocycles. The summed E-state index contributed by atoms with van der Waals surface area (Å²) in [5.74, 6) is -3.96. The number of nitrogens with zero attached hydrogens (tertiary/aromatic N) is 4. The first kappa shape index (κ1) is 31.2. The topological polar surface area (TPSA) is 153 Å². The number of aliphatic carboxylic acids is 2. The number of aromatic nitrogens is 2. The molecule has 1 saturated heterocycles. The Morgan fingerprint density at radius 1 is 1.08 bits per heavy atom. The zero-order valence-electron chi connectivity index (χ0n) is 19.8. The van der Waals surface area contributed by atoms with Crippen molar-refractivity contribution >= 4 is 38.6 Å². The fraction of sp³-hybridized carbons (Fsp3) is 0.500. The van der Waals surface area contributed by atoms with Crippen LogP contribution < -0.4 is 9.62 Å². The fourth-order valence-corrected chi connectivity index (χ4v) is 4.89. The lowest BCUT2D eigenvalue weighted by Gasteiger charge is -2.34. The van der Waals surface area contributed by atoms with Crippen molar-refractivity contribution in [1.82, 2.24) is 19.2 Å². The summed E-state index contributed by atoms with van der Waals surface area (Å²) in [6, 6.07) is 7.72. The quantitative estimate of drug-likeness (QED) is 0.466. The zero-order chi connectivity index (χ0) is 27.5. The van der Waals surface area contributed by atoms with Crippen LogP contribution in [0, 0.1) is 6.92 Å². The van der Waals surface area contributed by atoms with Gasteiger partial charge in [-0.05, 0) is 18.9 Å². The number of piperazine rings is 1. The van der Waals surface area contributed by atoms with Gasteiger partial charge in [-0.15, -0.1) is 10.2 Å². The van der Waals surface area contributed by atoms with Gasteiger partial charge in [0.1, 0.15) is 11.0 Å². The number of carboxylic acid groups (broad SMARTS) is 2. The van der Waals surface area contributed by atoms with Crippen LogP contribution in [-0.2, 0) is 26.2 Å². The normalized spacial score (nSPS) is 15.1. The van der Waals surface area contributed by atoms with Crippen molar-refractivity contribution in [3.05, 3.63) is 40.9 Å². The van der Waals surface area contributed by atoms with E-state index < -0.39 is 34.4 Å². The van der Waals surface area contributed by atoms with Gasteiger partial charge in [0, 0.05) is 26.2 Å². The maximum atomic E-state index is 12.6. The number of carboxylic acids is 2. The number of carbonyl (C=O) groups is 2. The van der Waals surface area contributed by atoms with Gasteiger partial charge >= 0.3 is 18.1 Å². The van der Waals surface area contributed by atoms with Gasteiger partial charge in [0.15, 0.2) is 0 Å². The molecule has 202 valence electrons. The molecule has 1 aliphatic heterocycles. The average Bonchev–Trinajstić information content (AvgIpc) is 3.26. The zero-order valence-corrected chi connectivity index (χ0v) is 21.4. The summed E-state index contributed by atoms with van der Waals surface area (Å²) in [6.07, 6.45) is -5.00. The van der Waals surface area contributed by atoms with Crippen LogP contribution in [0.15, 0.2) is 30.3 Å². The number of halogens is 3. The molecule has 1 aliphatic rings. The van der Waals surface area contributed by atoms with E-state index in [1.807, 2.05) is 31.7 Å². The highest BCUT2D eigenvalue weighted by molar-refractivity contribution is 7.87. The van der Waals surface area contributed by atoms with Crippen LogP contribution in [0.4, 0.5) is 18.3 Å². The maximum Gasteiger partial charge on any atom is 0.490 e. The van der Waals surface area contributed by atoms with Gasteiger partial charge in [-0.25, -0.2) is 4.79 Å². The van der Waals surface area contributed by atoms with Crippen LogP contribution in [0.3, 0.4) is 0 Å². The third kappa shape index (κ3) is 10.0. The van der Waals surface area contributed by atoms with Crippen LogP contribution in [0.2, 0.25) is 0 Å². The minimum atomic E-state index is -5.08. The minimum absolute atomic E-state index is 0.0828. The average molecular weight is 556 g/mol. The van der Waals surface area contributed by atoms with Gasteiger partial charge in [0.2, 0.25) is 5.13 Å². The number of aryl methyl sites for hydroxylation is 1.